The molecule has 1 atom stereocenters. The molecule has 6 heteroatoms. The van der Waals surface area contributed by atoms with Crippen LogP contribution in [0, 0.1) is 0 Å². The van der Waals surface area contributed by atoms with Gasteiger partial charge in [0.05, 0.1) is 0 Å². The normalized spacial score (nSPS) is 12.5. The molecule has 0 saturated carbocycles. The van der Waals surface area contributed by atoms with Crippen LogP contribution in [0.15, 0.2) is 60.8 Å². The van der Waals surface area contributed by atoms with Gasteiger partial charge in [0, 0.05) is 19.3 Å². The van der Waals surface area contributed by atoms with E-state index >= 15 is 0 Å². The summed E-state index contributed by atoms with van der Waals surface area (Å²) in [5, 5.41) is 0. The van der Waals surface area contributed by atoms with Crippen molar-refractivity contribution in [3.05, 3.63) is 60.8 Å². The molecule has 0 aliphatic carbocycles. The molecule has 1 unspecified atom stereocenters. The van der Waals surface area contributed by atoms with Crippen molar-refractivity contribution in [1.29, 1.82) is 0 Å². The lowest BCUT2D eigenvalue weighted by molar-refractivity contribution is -0.167. The van der Waals surface area contributed by atoms with Crippen LogP contribution in [-0.2, 0) is 28.6 Å². The van der Waals surface area contributed by atoms with Crippen LogP contribution >= 0.6 is 0 Å². The Morgan fingerprint density at radius 3 is 0.954 bits per heavy atom. The van der Waals surface area contributed by atoms with Crippen molar-refractivity contribution < 1.29 is 28.6 Å². The minimum Gasteiger partial charge on any atom is -0.462 e. The van der Waals surface area contributed by atoms with E-state index in [1.165, 1.54) is 148 Å². The van der Waals surface area contributed by atoms with Gasteiger partial charge < -0.3 is 14.2 Å². The first-order valence-corrected chi connectivity index (χ1v) is 27.8. The van der Waals surface area contributed by atoms with Crippen LogP contribution < -0.4 is 0 Å². The van der Waals surface area contributed by atoms with Gasteiger partial charge in [0.1, 0.15) is 13.2 Å². The van der Waals surface area contributed by atoms with Crippen LogP contribution in [0.5, 0.6) is 0 Å². The minimum absolute atomic E-state index is 0.0764. The number of hydrogen-bond donors (Lipinski definition) is 0. The highest BCUT2D eigenvalue weighted by atomic mass is 16.6. The second-order valence-electron chi connectivity index (χ2n) is 18.5. The van der Waals surface area contributed by atoms with Crippen LogP contribution in [0.25, 0.3) is 0 Å². The highest BCUT2D eigenvalue weighted by molar-refractivity contribution is 5.71. The zero-order valence-corrected chi connectivity index (χ0v) is 43.0. The van der Waals surface area contributed by atoms with Crippen molar-refractivity contribution in [1.82, 2.24) is 0 Å². The number of esters is 3. The Morgan fingerprint density at radius 2 is 0.600 bits per heavy atom. The molecule has 0 bridgehead atoms. The lowest BCUT2D eigenvalue weighted by Gasteiger charge is -2.18. The summed E-state index contributed by atoms with van der Waals surface area (Å²) in [5.41, 5.74) is 0. The molecule has 0 heterocycles. The molecule has 0 amide bonds. The largest absolute Gasteiger partial charge is 0.462 e. The number of carbonyl (C=O) groups excluding carboxylic acids is 3. The first-order valence-electron chi connectivity index (χ1n) is 27.8. The van der Waals surface area contributed by atoms with E-state index in [1.807, 2.05) is 0 Å². The van der Waals surface area contributed by atoms with Gasteiger partial charge >= 0.3 is 17.9 Å². The number of rotatable bonds is 50. The molecule has 0 spiro atoms. The number of carbonyl (C=O) groups is 3. The zero-order valence-electron chi connectivity index (χ0n) is 43.0. The zero-order chi connectivity index (χ0) is 47.2. The third-order valence-corrected chi connectivity index (χ3v) is 12.0. The summed E-state index contributed by atoms with van der Waals surface area (Å²) < 4.78 is 16.8. The molecule has 0 aromatic heterocycles. The molecule has 65 heavy (non-hydrogen) atoms. The molecule has 0 aromatic rings. The highest BCUT2D eigenvalue weighted by Crippen LogP contribution is 2.15. The van der Waals surface area contributed by atoms with Crippen LogP contribution in [-0.4, -0.2) is 37.2 Å². The van der Waals surface area contributed by atoms with Crippen LogP contribution in [0.1, 0.15) is 278 Å². The Bertz CT molecular complexity index is 1180. The first kappa shape index (κ1) is 62.1. The number of allylic oxidation sites excluding steroid dienone is 10. The Labute approximate surface area is 402 Å². The molecule has 0 radical (unpaired) electrons. The molecule has 0 aliphatic rings. The summed E-state index contributed by atoms with van der Waals surface area (Å²) in [4.78, 5) is 38.0. The number of hydrogen-bond acceptors (Lipinski definition) is 6. The standard InChI is InChI=1S/C59H104O6/c1-4-7-10-13-16-19-21-23-25-27-28-29-30-32-33-35-37-40-43-46-49-52-58(61)64-55-56(54-63-57(60)51-48-45-42-39-18-15-12-9-6-3)65-59(62)53-50-47-44-41-38-36-34-31-26-24-22-20-17-14-11-8-5-2/h7,10,16,19,23-26,28-29,56H,4-6,8-9,11-15,17-18,20-22,27,30-55H2,1-3H3/b10-7-,19-16-,25-23-,26-24-,29-28-. The molecule has 0 fully saturated rings. The van der Waals surface area contributed by atoms with Crippen LogP contribution in [0.2, 0.25) is 0 Å². The average molecular weight is 909 g/mol. The molecule has 0 N–H and O–H groups in total. The Balaban J connectivity index is 4.29. The molecule has 376 valence electrons. The highest BCUT2D eigenvalue weighted by Gasteiger charge is 2.19. The summed E-state index contributed by atoms with van der Waals surface area (Å²) in [6.07, 6.45) is 66.4. The SMILES string of the molecule is CC/C=C\C/C=C\C/C=C\C/C=C\CCCCCCCCCCC(=O)OCC(COC(=O)CCCCCCCCCCC)OC(=O)CCCCCCCCC/C=C\CCCCCCCC. The summed E-state index contributed by atoms with van der Waals surface area (Å²) in [6, 6.07) is 0. The fraction of sp³-hybridized carbons (Fsp3) is 0.780. The van der Waals surface area contributed by atoms with Crippen molar-refractivity contribution >= 4 is 17.9 Å². The smallest absolute Gasteiger partial charge is 0.306 e. The average Bonchev–Trinajstić information content (AvgIpc) is 3.30. The van der Waals surface area contributed by atoms with Gasteiger partial charge in [0.25, 0.3) is 0 Å². The fourth-order valence-electron chi connectivity index (χ4n) is 7.84. The summed E-state index contributed by atoms with van der Waals surface area (Å²) in [6.45, 7) is 6.51. The van der Waals surface area contributed by atoms with E-state index in [0.717, 1.165) is 89.9 Å². The van der Waals surface area contributed by atoms with E-state index in [1.54, 1.807) is 0 Å². The maximum atomic E-state index is 12.8. The van der Waals surface area contributed by atoms with Gasteiger partial charge in [-0.15, -0.1) is 0 Å². The van der Waals surface area contributed by atoms with Gasteiger partial charge in [-0.25, -0.2) is 0 Å². The van der Waals surface area contributed by atoms with Gasteiger partial charge in [-0.3, -0.25) is 14.4 Å². The molecule has 6 nitrogen and oxygen atoms in total. The Hall–Kier alpha value is -2.89. The summed E-state index contributed by atoms with van der Waals surface area (Å²) in [7, 11) is 0. The predicted molar refractivity (Wildman–Crippen MR) is 279 cm³/mol. The Morgan fingerprint density at radius 1 is 0.323 bits per heavy atom. The first-order chi connectivity index (χ1) is 32.0. The lowest BCUT2D eigenvalue weighted by atomic mass is 10.1. The molecule has 0 rings (SSSR count). The van der Waals surface area contributed by atoms with Crippen LogP contribution in [0.4, 0.5) is 0 Å². The van der Waals surface area contributed by atoms with Gasteiger partial charge in [0.15, 0.2) is 6.10 Å². The number of ether oxygens (including phenoxy) is 3. The van der Waals surface area contributed by atoms with E-state index in [4.69, 9.17) is 14.2 Å². The van der Waals surface area contributed by atoms with Gasteiger partial charge in [0.2, 0.25) is 0 Å². The van der Waals surface area contributed by atoms with Gasteiger partial charge in [-0.2, -0.15) is 0 Å². The maximum Gasteiger partial charge on any atom is 0.306 e. The lowest BCUT2D eigenvalue weighted by Crippen LogP contribution is -2.30. The molecule has 0 aromatic carbocycles. The van der Waals surface area contributed by atoms with Crippen molar-refractivity contribution in [2.45, 2.75) is 284 Å². The van der Waals surface area contributed by atoms with Crippen molar-refractivity contribution in [3.8, 4) is 0 Å². The monoisotopic (exact) mass is 909 g/mol. The third kappa shape index (κ3) is 51.9. The summed E-state index contributed by atoms with van der Waals surface area (Å²) >= 11 is 0. The van der Waals surface area contributed by atoms with E-state index in [9.17, 15) is 14.4 Å². The van der Waals surface area contributed by atoms with E-state index in [2.05, 4.69) is 81.5 Å². The van der Waals surface area contributed by atoms with Crippen LogP contribution in [0.3, 0.4) is 0 Å². The quantitative estimate of drug-likeness (QED) is 0.0262. The predicted octanol–water partition coefficient (Wildman–Crippen LogP) is 18.4. The third-order valence-electron chi connectivity index (χ3n) is 12.0. The van der Waals surface area contributed by atoms with Crippen molar-refractivity contribution in [2.24, 2.45) is 0 Å². The van der Waals surface area contributed by atoms with E-state index in [-0.39, 0.29) is 31.1 Å². The number of unbranched alkanes of at least 4 members (excludes halogenated alkanes) is 29. The van der Waals surface area contributed by atoms with E-state index in [0.29, 0.717) is 19.3 Å². The topological polar surface area (TPSA) is 78.9 Å². The second kappa shape index (κ2) is 53.7. The minimum atomic E-state index is -0.777. The fourth-order valence-corrected chi connectivity index (χ4v) is 7.84. The molecule has 0 aliphatic heterocycles. The van der Waals surface area contributed by atoms with Gasteiger partial charge in [-0.1, -0.05) is 236 Å². The van der Waals surface area contributed by atoms with Gasteiger partial charge in [-0.05, 0) is 83.5 Å². The van der Waals surface area contributed by atoms with Crippen molar-refractivity contribution in [3.63, 3.8) is 0 Å². The second-order valence-corrected chi connectivity index (χ2v) is 18.5. The summed E-state index contributed by atoms with van der Waals surface area (Å²) in [5.74, 6) is -0.883. The maximum absolute atomic E-state index is 12.8. The molecular weight excluding hydrogens is 805 g/mol. The molecular formula is C59H104O6. The molecule has 0 saturated heterocycles. The van der Waals surface area contributed by atoms with Crippen molar-refractivity contribution in [2.75, 3.05) is 13.2 Å². The van der Waals surface area contributed by atoms with E-state index < -0.39 is 6.10 Å². The Kier molecular flexibility index (Phi) is 51.3.